The van der Waals surface area contributed by atoms with Crippen molar-refractivity contribution in [2.75, 3.05) is 5.32 Å². The second-order valence-corrected chi connectivity index (χ2v) is 4.13. The molecule has 0 spiro atoms. The minimum atomic E-state index is -4.44. The van der Waals surface area contributed by atoms with Gasteiger partial charge in [-0.15, -0.1) is 0 Å². The molecule has 2 aromatic heterocycles. The lowest BCUT2D eigenvalue weighted by molar-refractivity contribution is -0.141. The molecule has 0 atom stereocenters. The summed E-state index contributed by atoms with van der Waals surface area (Å²) in [6.07, 6.45) is -0.497. The average Bonchev–Trinajstić information content (AvgIpc) is 2.32. The molecule has 0 bridgehead atoms. The maximum absolute atomic E-state index is 12.3. The van der Waals surface area contributed by atoms with Crippen molar-refractivity contribution in [2.45, 2.75) is 6.18 Å². The van der Waals surface area contributed by atoms with Crippen molar-refractivity contribution < 1.29 is 13.2 Å². The van der Waals surface area contributed by atoms with E-state index in [1.54, 1.807) is 0 Å². The number of rotatable bonds is 2. The molecule has 18 heavy (non-hydrogen) atoms. The predicted molar refractivity (Wildman–Crippen MR) is 62.3 cm³/mol. The van der Waals surface area contributed by atoms with E-state index in [-0.39, 0.29) is 0 Å². The first kappa shape index (κ1) is 12.7. The van der Waals surface area contributed by atoms with Crippen LogP contribution in [0.2, 0.25) is 0 Å². The van der Waals surface area contributed by atoms with Crippen molar-refractivity contribution in [3.63, 3.8) is 0 Å². The summed E-state index contributed by atoms with van der Waals surface area (Å²) in [5.41, 5.74) is -0.530. The van der Waals surface area contributed by atoms with E-state index in [4.69, 9.17) is 0 Å². The van der Waals surface area contributed by atoms with E-state index in [0.717, 1.165) is 12.3 Å². The highest BCUT2D eigenvalue weighted by molar-refractivity contribution is 9.10. The fraction of sp³-hybridized carbons (Fsp3) is 0.100. The summed E-state index contributed by atoms with van der Waals surface area (Å²) in [7, 11) is 0. The molecule has 0 amide bonds. The minimum Gasteiger partial charge on any atom is -0.338 e. The third-order valence-corrected chi connectivity index (χ3v) is 2.56. The lowest BCUT2D eigenvalue weighted by Gasteiger charge is -2.08. The molecule has 0 fully saturated rings. The minimum absolute atomic E-state index is 0.405. The quantitative estimate of drug-likeness (QED) is 0.922. The largest absolute Gasteiger partial charge is 0.433 e. The molecule has 0 radical (unpaired) electrons. The molecule has 0 saturated carbocycles. The van der Waals surface area contributed by atoms with Crippen LogP contribution in [0.5, 0.6) is 0 Å². The second kappa shape index (κ2) is 4.89. The average molecular weight is 319 g/mol. The molecule has 0 saturated heterocycles. The van der Waals surface area contributed by atoms with Gasteiger partial charge in [-0.2, -0.15) is 13.2 Å². The molecule has 4 nitrogen and oxygen atoms in total. The Labute approximate surface area is 108 Å². The van der Waals surface area contributed by atoms with Crippen molar-refractivity contribution in [1.29, 1.82) is 0 Å². The van der Waals surface area contributed by atoms with Gasteiger partial charge in [0.2, 0.25) is 0 Å². The number of hydrogen-bond acceptors (Lipinski definition) is 4. The number of anilines is 2. The van der Waals surface area contributed by atoms with Gasteiger partial charge in [0.25, 0.3) is 0 Å². The van der Waals surface area contributed by atoms with Crippen LogP contribution in [0.3, 0.4) is 0 Å². The zero-order valence-corrected chi connectivity index (χ0v) is 10.3. The lowest BCUT2D eigenvalue weighted by Crippen LogP contribution is -2.07. The molecule has 2 heterocycles. The molecule has 0 aromatic carbocycles. The van der Waals surface area contributed by atoms with Gasteiger partial charge in [-0.25, -0.2) is 15.0 Å². The van der Waals surface area contributed by atoms with Crippen molar-refractivity contribution >= 4 is 27.4 Å². The Morgan fingerprint density at radius 2 is 1.89 bits per heavy atom. The van der Waals surface area contributed by atoms with Crippen molar-refractivity contribution in [3.05, 3.63) is 41.0 Å². The van der Waals surface area contributed by atoms with Crippen LogP contribution in [0.15, 0.2) is 35.3 Å². The van der Waals surface area contributed by atoms with Crippen LogP contribution in [-0.4, -0.2) is 15.0 Å². The maximum atomic E-state index is 12.3. The van der Waals surface area contributed by atoms with E-state index in [1.807, 2.05) is 0 Å². The molecular formula is C10H6BrF3N4. The van der Waals surface area contributed by atoms with Gasteiger partial charge < -0.3 is 5.32 Å². The van der Waals surface area contributed by atoms with E-state index < -0.39 is 11.9 Å². The predicted octanol–water partition coefficient (Wildman–Crippen LogP) is 3.40. The third kappa shape index (κ3) is 2.95. The molecule has 1 N–H and O–H groups in total. The summed E-state index contributed by atoms with van der Waals surface area (Å²) in [5.74, 6) is 0.451. The molecule has 0 aliphatic carbocycles. The smallest absolute Gasteiger partial charge is 0.338 e. The second-order valence-electron chi connectivity index (χ2n) is 3.27. The van der Waals surface area contributed by atoms with E-state index in [1.165, 1.54) is 18.6 Å². The van der Waals surface area contributed by atoms with E-state index in [9.17, 15) is 13.2 Å². The van der Waals surface area contributed by atoms with Gasteiger partial charge in [0.1, 0.15) is 17.8 Å². The highest BCUT2D eigenvalue weighted by Gasteiger charge is 2.32. The first-order valence-electron chi connectivity index (χ1n) is 4.72. The Hall–Kier alpha value is -1.70. The molecule has 2 rings (SSSR count). The van der Waals surface area contributed by atoms with Crippen LogP contribution in [0.1, 0.15) is 5.69 Å². The van der Waals surface area contributed by atoms with Crippen LogP contribution in [0, 0.1) is 0 Å². The molecule has 94 valence electrons. The zero-order valence-electron chi connectivity index (χ0n) is 8.74. The highest BCUT2D eigenvalue weighted by atomic mass is 79.9. The Balaban J connectivity index is 2.19. The monoisotopic (exact) mass is 318 g/mol. The molecular weight excluding hydrogens is 313 g/mol. The Morgan fingerprint density at radius 1 is 1.11 bits per heavy atom. The molecule has 0 aliphatic heterocycles. The van der Waals surface area contributed by atoms with Crippen molar-refractivity contribution in [1.82, 2.24) is 15.0 Å². The number of nitrogens with one attached hydrogen (secondary N) is 1. The number of nitrogens with zero attached hydrogens (tertiary/aromatic N) is 3. The standard InChI is InChI=1S/C10H6BrF3N4/c11-7-4-15-5-17-9(7)18-6-1-2-8(16-3-6)10(12,13)14/h1-5H,(H,15,17,18). The maximum Gasteiger partial charge on any atom is 0.433 e. The zero-order chi connectivity index (χ0) is 13.2. The van der Waals surface area contributed by atoms with Gasteiger partial charge in [-0.05, 0) is 28.1 Å². The van der Waals surface area contributed by atoms with E-state index in [2.05, 4.69) is 36.2 Å². The fourth-order valence-corrected chi connectivity index (χ4v) is 1.50. The fourth-order valence-electron chi connectivity index (χ4n) is 1.18. The summed E-state index contributed by atoms with van der Waals surface area (Å²) >= 11 is 3.21. The lowest BCUT2D eigenvalue weighted by atomic mass is 10.3. The Morgan fingerprint density at radius 3 is 2.44 bits per heavy atom. The van der Waals surface area contributed by atoms with Gasteiger partial charge in [0.15, 0.2) is 0 Å². The summed E-state index contributed by atoms with van der Waals surface area (Å²) in [5, 5.41) is 2.82. The summed E-state index contributed by atoms with van der Waals surface area (Å²) in [4.78, 5) is 11.0. The molecule has 2 aromatic rings. The normalized spacial score (nSPS) is 11.3. The van der Waals surface area contributed by atoms with Crippen LogP contribution in [-0.2, 0) is 6.18 Å². The Kier molecular flexibility index (Phi) is 3.46. The first-order valence-corrected chi connectivity index (χ1v) is 5.52. The van der Waals surface area contributed by atoms with Gasteiger partial charge in [-0.1, -0.05) is 0 Å². The van der Waals surface area contributed by atoms with Gasteiger partial charge in [0, 0.05) is 6.20 Å². The number of pyridine rings is 1. The number of hydrogen-bond donors (Lipinski definition) is 1. The summed E-state index contributed by atoms with van der Waals surface area (Å²) < 4.78 is 37.5. The van der Waals surface area contributed by atoms with Gasteiger partial charge in [-0.3, -0.25) is 0 Å². The number of halogens is 4. The molecule has 0 unspecified atom stereocenters. The van der Waals surface area contributed by atoms with Gasteiger partial charge >= 0.3 is 6.18 Å². The van der Waals surface area contributed by atoms with Crippen LogP contribution in [0.25, 0.3) is 0 Å². The topological polar surface area (TPSA) is 50.7 Å². The summed E-state index contributed by atoms with van der Waals surface area (Å²) in [6.45, 7) is 0. The number of alkyl halides is 3. The van der Waals surface area contributed by atoms with Crippen LogP contribution in [0.4, 0.5) is 24.7 Å². The van der Waals surface area contributed by atoms with Crippen molar-refractivity contribution in [3.8, 4) is 0 Å². The van der Waals surface area contributed by atoms with Crippen LogP contribution >= 0.6 is 15.9 Å². The third-order valence-electron chi connectivity index (χ3n) is 1.98. The highest BCUT2D eigenvalue weighted by Crippen LogP contribution is 2.28. The molecule has 8 heteroatoms. The molecule has 0 aliphatic rings. The van der Waals surface area contributed by atoms with Crippen LogP contribution < -0.4 is 5.32 Å². The Bertz CT molecular complexity index is 542. The SMILES string of the molecule is FC(F)(F)c1ccc(Nc2ncncc2Br)cn1. The van der Waals surface area contributed by atoms with E-state index in [0.29, 0.717) is 16.0 Å². The van der Waals surface area contributed by atoms with Crippen molar-refractivity contribution in [2.24, 2.45) is 0 Å². The first-order chi connectivity index (χ1) is 8.47. The van der Waals surface area contributed by atoms with E-state index >= 15 is 0 Å². The number of aromatic nitrogens is 3. The van der Waals surface area contributed by atoms with Gasteiger partial charge in [0.05, 0.1) is 16.4 Å². The summed E-state index contributed by atoms with van der Waals surface area (Å²) in [6, 6.07) is 2.18.